The van der Waals surface area contributed by atoms with E-state index in [1.54, 1.807) is 0 Å². The molecular weight excluding hydrogens is 340 g/mol. The highest BCUT2D eigenvalue weighted by molar-refractivity contribution is 5.91. The van der Waals surface area contributed by atoms with Crippen LogP contribution in [0.5, 0.6) is 0 Å². The fourth-order valence-corrected chi connectivity index (χ4v) is 2.58. The van der Waals surface area contributed by atoms with Crippen molar-refractivity contribution in [2.75, 3.05) is 0 Å². The Hall–Kier alpha value is -3.87. The SMILES string of the molecule is O=C(NCc1cc(-c2ccccc2)ncn1)c1cnn(-c2ccccc2)n1. The second-order valence-corrected chi connectivity index (χ2v) is 5.80. The van der Waals surface area contributed by atoms with Crippen molar-refractivity contribution in [1.82, 2.24) is 30.3 Å². The van der Waals surface area contributed by atoms with Gasteiger partial charge in [0.25, 0.3) is 5.91 Å². The van der Waals surface area contributed by atoms with E-state index in [4.69, 9.17) is 0 Å². The Bertz CT molecular complexity index is 1050. The lowest BCUT2D eigenvalue weighted by atomic mass is 10.1. The number of hydrogen-bond donors (Lipinski definition) is 1. The molecule has 0 aliphatic rings. The summed E-state index contributed by atoms with van der Waals surface area (Å²) >= 11 is 0. The summed E-state index contributed by atoms with van der Waals surface area (Å²) in [5.74, 6) is -0.308. The number of rotatable bonds is 5. The van der Waals surface area contributed by atoms with E-state index in [1.165, 1.54) is 17.3 Å². The van der Waals surface area contributed by atoms with Gasteiger partial charge in [-0.1, -0.05) is 48.5 Å². The molecule has 2 aromatic heterocycles. The van der Waals surface area contributed by atoms with Crippen molar-refractivity contribution in [2.45, 2.75) is 6.54 Å². The lowest BCUT2D eigenvalue weighted by Crippen LogP contribution is -2.24. The van der Waals surface area contributed by atoms with E-state index in [0.29, 0.717) is 5.69 Å². The van der Waals surface area contributed by atoms with Crippen molar-refractivity contribution in [3.63, 3.8) is 0 Å². The Labute approximate surface area is 155 Å². The summed E-state index contributed by atoms with van der Waals surface area (Å²) in [5.41, 5.74) is 3.56. The molecule has 27 heavy (non-hydrogen) atoms. The van der Waals surface area contributed by atoms with Gasteiger partial charge in [0.15, 0.2) is 5.69 Å². The predicted octanol–water partition coefficient (Wildman–Crippen LogP) is 2.65. The van der Waals surface area contributed by atoms with Crippen molar-refractivity contribution in [1.29, 1.82) is 0 Å². The molecule has 0 saturated carbocycles. The van der Waals surface area contributed by atoms with Crippen molar-refractivity contribution in [2.24, 2.45) is 0 Å². The summed E-state index contributed by atoms with van der Waals surface area (Å²) in [6.07, 6.45) is 2.94. The number of nitrogens with zero attached hydrogens (tertiary/aromatic N) is 5. The first-order chi connectivity index (χ1) is 13.3. The van der Waals surface area contributed by atoms with E-state index < -0.39 is 0 Å². The normalized spacial score (nSPS) is 10.5. The fourth-order valence-electron chi connectivity index (χ4n) is 2.58. The standard InChI is InChI=1S/C20H16N6O/c27-20(19-13-24-26(25-19)17-9-5-2-6-10-17)21-12-16-11-18(23-14-22-16)15-7-3-1-4-8-15/h1-11,13-14H,12H2,(H,21,27). The van der Waals surface area contributed by atoms with E-state index in [9.17, 15) is 4.79 Å². The monoisotopic (exact) mass is 356 g/mol. The largest absolute Gasteiger partial charge is 0.345 e. The van der Waals surface area contributed by atoms with Crippen molar-refractivity contribution in [3.05, 3.63) is 90.6 Å². The van der Waals surface area contributed by atoms with Crippen LogP contribution in [0.4, 0.5) is 0 Å². The Balaban J connectivity index is 1.43. The van der Waals surface area contributed by atoms with Crippen LogP contribution < -0.4 is 5.32 Å². The summed E-state index contributed by atoms with van der Waals surface area (Å²) in [6, 6.07) is 21.1. The molecule has 0 fully saturated rings. The minimum Gasteiger partial charge on any atom is -0.345 e. The molecule has 2 aromatic carbocycles. The van der Waals surface area contributed by atoms with Gasteiger partial charge in [-0.3, -0.25) is 4.79 Å². The number of para-hydroxylation sites is 1. The maximum Gasteiger partial charge on any atom is 0.273 e. The number of aromatic nitrogens is 5. The lowest BCUT2D eigenvalue weighted by molar-refractivity contribution is 0.0945. The highest BCUT2D eigenvalue weighted by atomic mass is 16.2. The molecule has 0 atom stereocenters. The number of benzene rings is 2. The van der Waals surface area contributed by atoms with E-state index in [-0.39, 0.29) is 18.1 Å². The molecule has 0 unspecified atom stereocenters. The maximum atomic E-state index is 12.3. The van der Waals surface area contributed by atoms with Gasteiger partial charge in [0.2, 0.25) is 0 Å². The first-order valence-corrected chi connectivity index (χ1v) is 8.42. The molecule has 2 heterocycles. The van der Waals surface area contributed by atoms with Gasteiger partial charge in [-0.15, -0.1) is 5.10 Å². The molecule has 1 N–H and O–H groups in total. The van der Waals surface area contributed by atoms with Gasteiger partial charge >= 0.3 is 0 Å². The highest BCUT2D eigenvalue weighted by Gasteiger charge is 2.12. The number of carbonyl (C=O) groups is 1. The zero-order valence-electron chi connectivity index (χ0n) is 14.4. The Morgan fingerprint density at radius 1 is 0.963 bits per heavy atom. The predicted molar refractivity (Wildman–Crippen MR) is 100.0 cm³/mol. The summed E-state index contributed by atoms with van der Waals surface area (Å²) in [7, 11) is 0. The lowest BCUT2D eigenvalue weighted by Gasteiger charge is -2.05. The van der Waals surface area contributed by atoms with Crippen LogP contribution >= 0.6 is 0 Å². The molecule has 0 spiro atoms. The first-order valence-electron chi connectivity index (χ1n) is 8.42. The zero-order chi connectivity index (χ0) is 18.5. The highest BCUT2D eigenvalue weighted by Crippen LogP contribution is 2.16. The number of amides is 1. The minimum absolute atomic E-state index is 0.246. The van der Waals surface area contributed by atoms with Gasteiger partial charge in [-0.2, -0.15) is 9.90 Å². The molecule has 0 saturated heterocycles. The Morgan fingerprint density at radius 2 is 1.70 bits per heavy atom. The molecule has 7 nitrogen and oxygen atoms in total. The molecule has 1 amide bonds. The smallest absolute Gasteiger partial charge is 0.273 e. The van der Waals surface area contributed by atoms with E-state index in [1.807, 2.05) is 66.7 Å². The Morgan fingerprint density at radius 3 is 2.48 bits per heavy atom. The molecule has 4 aromatic rings. The van der Waals surface area contributed by atoms with Crippen LogP contribution in [0.15, 0.2) is 79.3 Å². The topological polar surface area (TPSA) is 85.6 Å². The van der Waals surface area contributed by atoms with Gasteiger partial charge < -0.3 is 5.32 Å². The molecule has 0 aliphatic heterocycles. The second-order valence-electron chi connectivity index (χ2n) is 5.80. The molecule has 4 rings (SSSR count). The molecule has 7 heteroatoms. The quantitative estimate of drug-likeness (QED) is 0.594. The summed E-state index contributed by atoms with van der Waals surface area (Å²) in [6.45, 7) is 0.277. The van der Waals surface area contributed by atoms with Crippen LogP contribution in [0.25, 0.3) is 16.9 Å². The molecule has 0 radical (unpaired) electrons. The van der Waals surface area contributed by atoms with Gasteiger partial charge in [0, 0.05) is 5.56 Å². The number of nitrogens with one attached hydrogen (secondary N) is 1. The van der Waals surface area contributed by atoms with Crippen LogP contribution in [-0.2, 0) is 6.54 Å². The minimum atomic E-state index is -0.308. The van der Waals surface area contributed by atoms with Crippen LogP contribution in [0.2, 0.25) is 0 Å². The van der Waals surface area contributed by atoms with E-state index in [2.05, 4.69) is 25.5 Å². The van der Waals surface area contributed by atoms with Gasteiger partial charge in [-0.05, 0) is 18.2 Å². The zero-order valence-corrected chi connectivity index (χ0v) is 14.4. The van der Waals surface area contributed by atoms with Crippen molar-refractivity contribution >= 4 is 5.91 Å². The summed E-state index contributed by atoms with van der Waals surface area (Å²) < 4.78 is 0. The third kappa shape index (κ3) is 3.87. The Kier molecular flexibility index (Phi) is 4.65. The number of carbonyl (C=O) groups excluding carboxylic acids is 1. The van der Waals surface area contributed by atoms with Crippen LogP contribution in [0.3, 0.4) is 0 Å². The maximum absolute atomic E-state index is 12.3. The van der Waals surface area contributed by atoms with Crippen LogP contribution in [-0.4, -0.2) is 30.9 Å². The molecular formula is C20H16N6O. The van der Waals surface area contributed by atoms with E-state index >= 15 is 0 Å². The first kappa shape index (κ1) is 16.6. The third-order valence-electron chi connectivity index (χ3n) is 3.93. The van der Waals surface area contributed by atoms with Crippen LogP contribution in [0.1, 0.15) is 16.2 Å². The summed E-state index contributed by atoms with van der Waals surface area (Å²) in [5, 5.41) is 11.2. The second kappa shape index (κ2) is 7.57. The third-order valence-corrected chi connectivity index (χ3v) is 3.93. The van der Waals surface area contributed by atoms with Gasteiger partial charge in [0.1, 0.15) is 6.33 Å². The summed E-state index contributed by atoms with van der Waals surface area (Å²) in [4.78, 5) is 22.3. The molecule has 0 aliphatic carbocycles. The number of hydrogen-bond acceptors (Lipinski definition) is 5. The molecule has 0 bridgehead atoms. The van der Waals surface area contributed by atoms with Gasteiger partial charge in [0.05, 0.1) is 29.8 Å². The van der Waals surface area contributed by atoms with Gasteiger partial charge in [-0.25, -0.2) is 9.97 Å². The average Bonchev–Trinajstić information content (AvgIpc) is 3.24. The van der Waals surface area contributed by atoms with Crippen LogP contribution in [0, 0.1) is 0 Å². The van der Waals surface area contributed by atoms with E-state index in [0.717, 1.165) is 16.9 Å². The van der Waals surface area contributed by atoms with Crippen molar-refractivity contribution in [3.8, 4) is 16.9 Å². The fraction of sp³-hybridized carbons (Fsp3) is 0.0500. The average molecular weight is 356 g/mol. The van der Waals surface area contributed by atoms with Crippen molar-refractivity contribution < 1.29 is 4.79 Å². The molecule has 132 valence electrons.